The van der Waals surface area contributed by atoms with Gasteiger partial charge in [0.25, 0.3) is 6.43 Å². The lowest BCUT2D eigenvalue weighted by molar-refractivity contribution is 0.0812. The number of ether oxygens (including phenoxy) is 1. The van der Waals surface area contributed by atoms with Crippen molar-refractivity contribution in [2.24, 2.45) is 0 Å². The van der Waals surface area contributed by atoms with Gasteiger partial charge in [-0.25, -0.2) is 22.7 Å². The Kier molecular flexibility index (Phi) is 6.50. The summed E-state index contributed by atoms with van der Waals surface area (Å²) in [4.78, 5) is 6.53. The van der Waals surface area contributed by atoms with Crippen LogP contribution >= 0.6 is 0 Å². The molecule has 0 unspecified atom stereocenters. The molecule has 33 heavy (non-hydrogen) atoms. The molecular weight excluding hydrogens is 437 g/mol. The fraction of sp³-hybridized carbons (Fsp3) is 0.318. The number of alkyl halides is 2. The lowest BCUT2D eigenvalue weighted by Gasteiger charge is -2.28. The Morgan fingerprint density at radius 3 is 2.76 bits per heavy atom. The molecule has 3 heterocycles. The summed E-state index contributed by atoms with van der Waals surface area (Å²) in [6.07, 6.45) is 4.27. The largest absolute Gasteiger partial charge is 0.487 e. The molecule has 0 spiro atoms. The first kappa shape index (κ1) is 22.6. The molecule has 0 aliphatic heterocycles. The van der Waals surface area contributed by atoms with E-state index in [1.54, 1.807) is 52.0 Å². The van der Waals surface area contributed by atoms with Crippen molar-refractivity contribution < 1.29 is 23.0 Å². The van der Waals surface area contributed by atoms with E-state index in [-0.39, 0.29) is 12.4 Å². The maximum atomic E-state index is 14.0. The number of aliphatic hydroxyl groups is 1. The predicted molar refractivity (Wildman–Crippen MR) is 116 cm³/mol. The highest BCUT2D eigenvalue weighted by molar-refractivity contribution is 5.77. The number of aliphatic hydroxyl groups excluding tert-OH is 1. The number of hydrogen-bond donors (Lipinski definition) is 1. The minimum Gasteiger partial charge on any atom is -0.487 e. The molecule has 1 atom stereocenters. The highest BCUT2D eigenvalue weighted by atomic mass is 19.3. The first-order chi connectivity index (χ1) is 15.9. The van der Waals surface area contributed by atoms with Gasteiger partial charge in [-0.15, -0.1) is 0 Å². The topological polar surface area (TPSA) is 80.7 Å². The minimum absolute atomic E-state index is 0.0238. The van der Waals surface area contributed by atoms with E-state index in [0.717, 1.165) is 11.1 Å². The van der Waals surface area contributed by atoms with E-state index in [1.165, 1.54) is 18.2 Å². The molecule has 11 heteroatoms. The fourth-order valence-electron chi connectivity index (χ4n) is 3.52. The Balaban J connectivity index is 1.66. The summed E-state index contributed by atoms with van der Waals surface area (Å²) in [6.45, 7) is 1.39. The van der Waals surface area contributed by atoms with Gasteiger partial charge in [-0.1, -0.05) is 0 Å². The third kappa shape index (κ3) is 4.77. The van der Waals surface area contributed by atoms with Crippen LogP contribution in [0.1, 0.15) is 18.5 Å². The Morgan fingerprint density at radius 2 is 2.00 bits per heavy atom. The molecule has 0 aliphatic rings. The van der Waals surface area contributed by atoms with Gasteiger partial charge in [0.1, 0.15) is 24.0 Å². The molecule has 4 rings (SSSR count). The number of anilines is 1. The molecule has 1 N–H and O–H groups in total. The second-order valence-electron chi connectivity index (χ2n) is 7.50. The van der Waals surface area contributed by atoms with E-state index in [4.69, 9.17) is 14.8 Å². The van der Waals surface area contributed by atoms with Crippen LogP contribution in [0.25, 0.3) is 16.8 Å². The molecular formula is C22H23F3N6O2. The molecule has 0 amide bonds. The molecule has 0 fully saturated rings. The average molecular weight is 460 g/mol. The Hall–Kier alpha value is -3.60. The van der Waals surface area contributed by atoms with Gasteiger partial charge in [-0.05, 0) is 31.2 Å². The van der Waals surface area contributed by atoms with E-state index < -0.39 is 24.9 Å². The SMILES string of the molecule is C[C@H](c1cc(F)ccc1OCC(F)F)N(C)c1ccn2ncc(-c3cnn(CCO)c3)c2n1. The second-order valence-corrected chi connectivity index (χ2v) is 7.50. The van der Waals surface area contributed by atoms with Crippen molar-refractivity contribution in [3.05, 3.63) is 60.4 Å². The average Bonchev–Trinajstić information content (AvgIpc) is 3.43. The minimum atomic E-state index is -2.64. The standard InChI is InChI=1S/C22H23F3N6O2/c1-14(17-9-16(23)3-4-19(17)33-13-20(24)25)29(2)21-5-6-31-22(28-21)18(11-27-31)15-10-26-30(12-15)7-8-32/h3-6,9-12,14,20,32H,7-8,13H2,1-2H3/t14-/m1/s1. The van der Waals surface area contributed by atoms with Crippen molar-refractivity contribution in [1.82, 2.24) is 24.4 Å². The Morgan fingerprint density at radius 1 is 1.18 bits per heavy atom. The maximum absolute atomic E-state index is 14.0. The molecule has 4 aromatic rings. The van der Waals surface area contributed by atoms with Gasteiger partial charge < -0.3 is 14.7 Å². The lowest BCUT2D eigenvalue weighted by atomic mass is 10.1. The number of aromatic nitrogens is 5. The molecule has 0 bridgehead atoms. The number of hydrogen-bond acceptors (Lipinski definition) is 6. The molecule has 0 aliphatic carbocycles. The summed E-state index contributed by atoms with van der Waals surface area (Å²) in [7, 11) is 1.78. The van der Waals surface area contributed by atoms with Gasteiger partial charge in [0.05, 0.1) is 31.6 Å². The van der Waals surface area contributed by atoms with Crippen LogP contribution in [-0.2, 0) is 6.54 Å². The first-order valence-electron chi connectivity index (χ1n) is 10.3. The third-order valence-electron chi connectivity index (χ3n) is 5.36. The number of nitrogens with zero attached hydrogens (tertiary/aromatic N) is 6. The van der Waals surface area contributed by atoms with Crippen LogP contribution in [0.3, 0.4) is 0 Å². The van der Waals surface area contributed by atoms with Crippen LogP contribution < -0.4 is 9.64 Å². The fourth-order valence-corrected chi connectivity index (χ4v) is 3.52. The Bertz CT molecular complexity index is 1240. The highest BCUT2D eigenvalue weighted by Crippen LogP contribution is 2.33. The van der Waals surface area contributed by atoms with Crippen molar-refractivity contribution in [3.63, 3.8) is 0 Å². The van der Waals surface area contributed by atoms with Crippen molar-refractivity contribution in [1.29, 1.82) is 0 Å². The lowest BCUT2D eigenvalue weighted by Crippen LogP contribution is -2.24. The summed E-state index contributed by atoms with van der Waals surface area (Å²) >= 11 is 0. The van der Waals surface area contributed by atoms with Crippen molar-refractivity contribution in [3.8, 4) is 16.9 Å². The smallest absolute Gasteiger partial charge is 0.272 e. The first-order valence-corrected chi connectivity index (χ1v) is 10.3. The van der Waals surface area contributed by atoms with E-state index in [1.807, 2.05) is 6.92 Å². The van der Waals surface area contributed by atoms with Gasteiger partial charge in [0, 0.05) is 36.1 Å². The van der Waals surface area contributed by atoms with Crippen molar-refractivity contribution in [2.75, 3.05) is 25.2 Å². The summed E-state index contributed by atoms with van der Waals surface area (Å²) in [5.74, 6) is 0.276. The van der Waals surface area contributed by atoms with Gasteiger partial charge in [-0.2, -0.15) is 10.2 Å². The summed E-state index contributed by atoms with van der Waals surface area (Å²) < 4.78 is 47.7. The third-order valence-corrected chi connectivity index (χ3v) is 5.36. The van der Waals surface area contributed by atoms with Crippen LogP contribution in [-0.4, -0.2) is 56.2 Å². The Labute approximate surface area is 187 Å². The van der Waals surface area contributed by atoms with Gasteiger partial charge in [-0.3, -0.25) is 4.68 Å². The molecule has 174 valence electrons. The van der Waals surface area contributed by atoms with Crippen LogP contribution in [0, 0.1) is 5.82 Å². The van der Waals surface area contributed by atoms with Crippen LogP contribution in [0.15, 0.2) is 49.1 Å². The van der Waals surface area contributed by atoms with E-state index >= 15 is 0 Å². The van der Waals surface area contributed by atoms with Crippen LogP contribution in [0.4, 0.5) is 19.0 Å². The van der Waals surface area contributed by atoms with Crippen LogP contribution in [0.5, 0.6) is 5.75 Å². The van der Waals surface area contributed by atoms with Crippen molar-refractivity contribution in [2.45, 2.75) is 25.9 Å². The molecule has 3 aromatic heterocycles. The quantitative estimate of drug-likeness (QED) is 0.411. The van der Waals surface area contributed by atoms with Crippen LogP contribution in [0.2, 0.25) is 0 Å². The number of benzene rings is 1. The second kappa shape index (κ2) is 9.49. The summed E-state index contributed by atoms with van der Waals surface area (Å²) in [5, 5.41) is 17.7. The zero-order valence-electron chi connectivity index (χ0n) is 18.1. The molecule has 0 saturated carbocycles. The summed E-state index contributed by atoms with van der Waals surface area (Å²) in [5.41, 5.74) is 2.57. The molecule has 0 saturated heterocycles. The normalized spacial score (nSPS) is 12.5. The monoisotopic (exact) mass is 460 g/mol. The number of rotatable bonds is 9. The molecule has 0 radical (unpaired) electrons. The number of fused-ring (bicyclic) bond motifs is 1. The zero-order chi connectivity index (χ0) is 23.5. The van der Waals surface area contributed by atoms with E-state index in [2.05, 4.69) is 10.2 Å². The van der Waals surface area contributed by atoms with E-state index in [9.17, 15) is 13.2 Å². The molecule has 1 aromatic carbocycles. The van der Waals surface area contributed by atoms with Gasteiger partial charge in [0.2, 0.25) is 0 Å². The summed E-state index contributed by atoms with van der Waals surface area (Å²) in [6, 6.07) is 5.14. The van der Waals surface area contributed by atoms with Crippen molar-refractivity contribution >= 4 is 11.5 Å². The van der Waals surface area contributed by atoms with Gasteiger partial charge in [0.15, 0.2) is 5.65 Å². The number of halogens is 3. The zero-order valence-corrected chi connectivity index (χ0v) is 18.1. The van der Waals surface area contributed by atoms with Gasteiger partial charge >= 0.3 is 0 Å². The predicted octanol–water partition coefficient (Wildman–Crippen LogP) is 3.57. The van der Waals surface area contributed by atoms with E-state index in [0.29, 0.717) is 23.6 Å². The highest BCUT2D eigenvalue weighted by Gasteiger charge is 2.21. The molecule has 8 nitrogen and oxygen atoms in total. The maximum Gasteiger partial charge on any atom is 0.272 e.